The maximum Gasteiger partial charge on any atom is 0.345 e. The summed E-state index contributed by atoms with van der Waals surface area (Å²) in [5.74, 6) is -3.16. The predicted molar refractivity (Wildman–Crippen MR) is 194 cm³/mol. The molecule has 4 aromatic carbocycles. The van der Waals surface area contributed by atoms with Crippen molar-refractivity contribution in [3.63, 3.8) is 0 Å². The van der Waals surface area contributed by atoms with Crippen LogP contribution in [0.15, 0.2) is 108 Å². The van der Waals surface area contributed by atoms with Crippen LogP contribution in [-0.2, 0) is 23.5 Å². The quantitative estimate of drug-likeness (QED) is 0.0845. The number of ether oxygens (including phenoxy) is 1. The molecule has 0 saturated heterocycles. The summed E-state index contributed by atoms with van der Waals surface area (Å²) < 4.78 is 20.9. The van der Waals surface area contributed by atoms with Crippen LogP contribution in [0.5, 0.6) is 11.5 Å². The first kappa shape index (κ1) is 35.9. The van der Waals surface area contributed by atoms with Gasteiger partial charge in [-0.1, -0.05) is 60.7 Å². The highest BCUT2D eigenvalue weighted by molar-refractivity contribution is 7.15. The van der Waals surface area contributed by atoms with Crippen molar-refractivity contribution in [1.82, 2.24) is 15.6 Å². The minimum Gasteiger partial charge on any atom is -0.506 e. The molecule has 2 atom stereocenters. The third-order valence-corrected chi connectivity index (χ3v) is 9.83. The van der Waals surface area contributed by atoms with Gasteiger partial charge in [0.1, 0.15) is 5.75 Å². The summed E-state index contributed by atoms with van der Waals surface area (Å²) in [6.45, 7) is 0.238. The molecule has 0 fully saturated rings. The average Bonchev–Trinajstić information content (AvgIpc) is 3.63. The van der Waals surface area contributed by atoms with Crippen molar-refractivity contribution in [2.75, 3.05) is 13.7 Å². The molecule has 2 heterocycles. The zero-order chi connectivity index (χ0) is 37.0. The minimum absolute atomic E-state index is 0.0482. The lowest BCUT2D eigenvalue weighted by Crippen LogP contribution is -2.36. The number of aromatic amines is 1. The van der Waals surface area contributed by atoms with Crippen molar-refractivity contribution in [1.29, 1.82) is 0 Å². The normalized spacial score (nSPS) is 13.0. The van der Waals surface area contributed by atoms with E-state index in [1.165, 1.54) is 42.7 Å². The summed E-state index contributed by atoms with van der Waals surface area (Å²) in [5, 5.41) is 48.5. The predicted octanol–water partition coefficient (Wildman–Crippen LogP) is 5.18. The van der Waals surface area contributed by atoms with Crippen molar-refractivity contribution in [2.24, 2.45) is 0 Å². The maximum absolute atomic E-state index is 15.6. The van der Waals surface area contributed by atoms with Gasteiger partial charge < -0.3 is 40.8 Å². The summed E-state index contributed by atoms with van der Waals surface area (Å²) in [4.78, 5) is 41.1. The number of aliphatic hydroxyl groups excluding tert-OH is 1. The number of halogens is 1. The largest absolute Gasteiger partial charge is 0.506 e. The highest BCUT2D eigenvalue weighted by Gasteiger charge is 2.40. The molecule has 13 heteroatoms. The summed E-state index contributed by atoms with van der Waals surface area (Å²) in [5.41, 5.74) is -0.678. The highest BCUT2D eigenvalue weighted by atomic mass is 32.1. The molecule has 0 spiro atoms. The van der Waals surface area contributed by atoms with E-state index < -0.39 is 35.0 Å². The number of aliphatic carboxylic acids is 1. The molecule has 0 aliphatic heterocycles. The second-order valence-electron chi connectivity index (χ2n) is 12.0. The van der Waals surface area contributed by atoms with Crippen molar-refractivity contribution in [3.8, 4) is 21.9 Å². The number of amides is 1. The number of aliphatic hydroxyl groups is 2. The Morgan fingerprint density at radius 1 is 0.942 bits per heavy atom. The lowest BCUT2D eigenvalue weighted by atomic mass is 9.85. The fraction of sp³-hybridized carbons (Fsp3) is 0.154. The highest BCUT2D eigenvalue weighted by Crippen LogP contribution is 2.35. The van der Waals surface area contributed by atoms with Gasteiger partial charge in [0.05, 0.1) is 30.8 Å². The molecule has 0 aliphatic carbocycles. The molecule has 2 unspecified atom stereocenters. The molecular formula is C39H34FN3O8S. The number of carboxylic acids is 1. The molecular weight excluding hydrogens is 690 g/mol. The van der Waals surface area contributed by atoms with Gasteiger partial charge in [0.2, 0.25) is 11.2 Å². The zero-order valence-corrected chi connectivity index (χ0v) is 28.5. The van der Waals surface area contributed by atoms with Crippen LogP contribution in [0.1, 0.15) is 43.6 Å². The molecule has 7 N–H and O–H groups in total. The number of aromatic nitrogens is 1. The number of phenolic OH excluding ortho intramolecular Hbond substituents is 1. The first-order valence-corrected chi connectivity index (χ1v) is 16.9. The summed E-state index contributed by atoms with van der Waals surface area (Å²) in [6.07, 6.45) is -1.03. The first-order valence-electron chi connectivity index (χ1n) is 16.1. The third kappa shape index (κ3) is 7.16. The Balaban J connectivity index is 1.10. The average molecular weight is 724 g/mol. The number of hydrogen-bond acceptors (Lipinski definition) is 9. The Kier molecular flexibility index (Phi) is 10.5. The molecule has 0 bridgehead atoms. The van der Waals surface area contributed by atoms with Crippen LogP contribution in [0, 0.1) is 5.82 Å². The molecule has 6 aromatic rings. The van der Waals surface area contributed by atoms with Gasteiger partial charge in [-0.3, -0.25) is 9.59 Å². The van der Waals surface area contributed by atoms with Crippen molar-refractivity contribution < 1.29 is 39.1 Å². The van der Waals surface area contributed by atoms with Crippen LogP contribution in [0.2, 0.25) is 0 Å². The monoisotopic (exact) mass is 723 g/mol. The minimum atomic E-state index is -2.25. The van der Waals surface area contributed by atoms with E-state index in [1.807, 2.05) is 6.07 Å². The number of methoxy groups -OCH3 is 1. The number of hydrogen-bond donors (Lipinski definition) is 7. The second kappa shape index (κ2) is 15.2. The number of benzene rings is 4. The SMILES string of the molecule is COc1c(CNCC(O)c2ccc(O)c3[nH]c(=O)ccc23)ccc(C(=O)NCc2ccc(-c3cccc(C(O)(C(=O)O)c4ccccc4)c3)s2)c1F. The lowest BCUT2D eigenvalue weighted by Gasteiger charge is -2.25. The number of phenols is 1. The van der Waals surface area contributed by atoms with E-state index in [-0.39, 0.29) is 53.3 Å². The van der Waals surface area contributed by atoms with Gasteiger partial charge in [0.25, 0.3) is 5.91 Å². The van der Waals surface area contributed by atoms with E-state index >= 15 is 4.39 Å². The van der Waals surface area contributed by atoms with E-state index in [1.54, 1.807) is 72.8 Å². The van der Waals surface area contributed by atoms with Gasteiger partial charge in [-0.2, -0.15) is 0 Å². The molecule has 11 nitrogen and oxygen atoms in total. The molecule has 0 aliphatic rings. The number of carbonyl (C=O) groups excluding carboxylic acids is 1. The Labute approximate surface area is 300 Å². The smallest absolute Gasteiger partial charge is 0.345 e. The third-order valence-electron chi connectivity index (χ3n) is 8.70. The van der Waals surface area contributed by atoms with Crippen molar-refractivity contribution in [3.05, 3.63) is 152 Å². The fourth-order valence-corrected chi connectivity index (χ4v) is 6.96. The number of aromatic hydroxyl groups is 1. The Morgan fingerprint density at radius 2 is 1.71 bits per heavy atom. The van der Waals surface area contributed by atoms with Gasteiger partial charge in [-0.25, -0.2) is 9.18 Å². The number of nitrogens with one attached hydrogen (secondary N) is 3. The van der Waals surface area contributed by atoms with E-state index in [4.69, 9.17) is 4.74 Å². The van der Waals surface area contributed by atoms with Crippen LogP contribution in [0.25, 0.3) is 21.3 Å². The number of carbonyl (C=O) groups is 2. The van der Waals surface area contributed by atoms with E-state index in [0.717, 1.165) is 9.75 Å². The number of pyridine rings is 1. The number of fused-ring (bicyclic) bond motifs is 1. The van der Waals surface area contributed by atoms with Gasteiger partial charge in [-0.05, 0) is 53.1 Å². The van der Waals surface area contributed by atoms with Gasteiger partial charge >= 0.3 is 5.97 Å². The Bertz CT molecular complexity index is 2330. The van der Waals surface area contributed by atoms with Crippen LogP contribution >= 0.6 is 11.3 Å². The standard InChI is InChI=1S/C39H34FN3O8S/c1-51-36-23(19-41-21-31(45)27-13-15-30(44)35-28(27)14-17-33(46)43-35)10-12-29(34(36)40)37(47)42-20-26-11-16-32(52-26)22-6-5-9-25(18-22)39(50,38(48)49)24-7-3-2-4-8-24/h2-18,31,41,44-45,50H,19-21H2,1H3,(H,42,47)(H,43,46)(H,48,49). The second-order valence-corrected chi connectivity index (χ2v) is 13.1. The van der Waals surface area contributed by atoms with Gasteiger partial charge in [0.15, 0.2) is 11.6 Å². The Hall–Kier alpha value is -5.86. The molecule has 0 saturated carbocycles. The van der Waals surface area contributed by atoms with Crippen molar-refractivity contribution >= 4 is 34.1 Å². The van der Waals surface area contributed by atoms with Crippen LogP contribution in [0.3, 0.4) is 0 Å². The van der Waals surface area contributed by atoms with Crippen molar-refractivity contribution in [2.45, 2.75) is 24.8 Å². The summed E-state index contributed by atoms with van der Waals surface area (Å²) >= 11 is 1.35. The van der Waals surface area contributed by atoms with E-state index in [2.05, 4.69) is 15.6 Å². The molecule has 2 aromatic heterocycles. The first-order chi connectivity index (χ1) is 25.0. The van der Waals surface area contributed by atoms with Crippen LogP contribution in [0.4, 0.5) is 4.39 Å². The number of H-pyrrole nitrogens is 1. The lowest BCUT2D eigenvalue weighted by molar-refractivity contribution is -0.155. The zero-order valence-electron chi connectivity index (χ0n) is 27.7. The molecule has 266 valence electrons. The number of carboxylic acid groups (broad SMARTS) is 1. The molecule has 1 amide bonds. The molecule has 52 heavy (non-hydrogen) atoms. The van der Waals surface area contributed by atoms with Crippen LogP contribution < -0.4 is 20.9 Å². The molecule has 6 rings (SSSR count). The summed E-state index contributed by atoms with van der Waals surface area (Å²) in [6, 6.07) is 27.1. The number of thiophene rings is 1. The van der Waals surface area contributed by atoms with Gasteiger partial charge in [0, 0.05) is 45.4 Å². The van der Waals surface area contributed by atoms with Crippen LogP contribution in [-0.4, -0.2) is 50.9 Å². The topological polar surface area (TPSA) is 181 Å². The van der Waals surface area contributed by atoms with Gasteiger partial charge in [-0.15, -0.1) is 11.3 Å². The van der Waals surface area contributed by atoms with E-state index in [0.29, 0.717) is 22.1 Å². The maximum atomic E-state index is 15.6. The van der Waals surface area contributed by atoms with E-state index in [9.17, 15) is 34.8 Å². The number of rotatable bonds is 13. The molecule has 0 radical (unpaired) electrons. The Morgan fingerprint density at radius 3 is 2.46 bits per heavy atom. The fourth-order valence-electron chi connectivity index (χ4n) is 6.02. The summed E-state index contributed by atoms with van der Waals surface area (Å²) in [7, 11) is 1.29.